The molecule has 0 amide bonds. The lowest BCUT2D eigenvalue weighted by molar-refractivity contribution is -0.239. The predicted molar refractivity (Wildman–Crippen MR) is 85.6 cm³/mol. The summed E-state index contributed by atoms with van der Waals surface area (Å²) >= 11 is 0. The summed E-state index contributed by atoms with van der Waals surface area (Å²) < 4.78 is 0. The number of aliphatic hydroxyl groups excluding tert-OH is 1. The highest BCUT2D eigenvalue weighted by Gasteiger charge is 2.92. The molecule has 0 aromatic rings. The molecule has 9 fully saturated rings. The molecule has 0 aromatic heterocycles. The number of hydrogen-bond acceptors (Lipinski definition) is 4. The SMILES string of the molecule is C=C1C[C@@]23C[C@@]4(O)[C@@H]5[C@]6(C)CC(=O)C[C@@]57[C@@H]2C[C@@H]1[C@H](O)[C@@H]3[C@H]7N4C6. The molecule has 2 spiro atoms. The first kappa shape index (κ1) is 13.5. The normalized spacial score (nSPS) is 73.0. The largest absolute Gasteiger partial charge is 0.392 e. The van der Waals surface area contributed by atoms with Crippen LogP contribution in [0.25, 0.3) is 0 Å². The average molecular weight is 327 g/mol. The third kappa shape index (κ3) is 0.926. The summed E-state index contributed by atoms with van der Waals surface area (Å²) in [5.41, 5.74) is 0.319. The van der Waals surface area contributed by atoms with Crippen LogP contribution in [0.15, 0.2) is 12.2 Å². The second-order valence-corrected chi connectivity index (χ2v) is 10.7. The molecular formula is C20H25NO3. The van der Waals surface area contributed by atoms with Crippen LogP contribution in [-0.2, 0) is 4.79 Å². The van der Waals surface area contributed by atoms with E-state index in [-0.39, 0.29) is 46.1 Å². The van der Waals surface area contributed by atoms with Crippen molar-refractivity contribution < 1.29 is 15.0 Å². The van der Waals surface area contributed by atoms with Crippen LogP contribution >= 0.6 is 0 Å². The van der Waals surface area contributed by atoms with E-state index in [0.29, 0.717) is 24.5 Å². The topological polar surface area (TPSA) is 60.8 Å². The van der Waals surface area contributed by atoms with E-state index in [1.807, 2.05) is 0 Å². The number of piperidine rings is 2. The van der Waals surface area contributed by atoms with Crippen LogP contribution in [0.5, 0.6) is 0 Å². The van der Waals surface area contributed by atoms with Gasteiger partial charge in [0.25, 0.3) is 0 Å². The number of carbonyl (C=O) groups excluding carboxylic acids is 1. The Hall–Kier alpha value is -0.710. The molecule has 9 aliphatic rings. The summed E-state index contributed by atoms with van der Waals surface area (Å²) in [6, 6.07) is 0.219. The molecule has 3 aliphatic heterocycles. The summed E-state index contributed by atoms with van der Waals surface area (Å²) in [6.45, 7) is 7.37. The zero-order valence-electron chi connectivity index (χ0n) is 14.2. The van der Waals surface area contributed by atoms with Crippen molar-refractivity contribution in [3.05, 3.63) is 12.2 Å². The Morgan fingerprint density at radius 3 is 2.88 bits per heavy atom. The lowest BCUT2D eigenvalue weighted by Gasteiger charge is -2.65. The second kappa shape index (κ2) is 3.19. The minimum Gasteiger partial charge on any atom is -0.392 e. The number of nitrogens with zero attached hydrogens (tertiary/aromatic N) is 1. The van der Waals surface area contributed by atoms with E-state index in [0.717, 1.165) is 25.8 Å². The summed E-state index contributed by atoms with van der Waals surface area (Å²) in [7, 11) is 0. The molecule has 128 valence electrons. The Morgan fingerprint density at radius 2 is 2.08 bits per heavy atom. The maximum Gasteiger partial charge on any atom is 0.134 e. The summed E-state index contributed by atoms with van der Waals surface area (Å²) in [5.74, 6) is 1.58. The van der Waals surface area contributed by atoms with Crippen molar-refractivity contribution >= 4 is 5.78 Å². The number of aliphatic hydroxyl groups is 2. The van der Waals surface area contributed by atoms with Gasteiger partial charge in [0, 0.05) is 48.6 Å². The first-order valence-electron chi connectivity index (χ1n) is 9.65. The highest BCUT2D eigenvalue weighted by molar-refractivity contribution is 5.82. The molecule has 6 saturated carbocycles. The van der Waals surface area contributed by atoms with Gasteiger partial charge in [0.2, 0.25) is 0 Å². The average Bonchev–Trinajstić information content (AvgIpc) is 2.80. The molecule has 24 heavy (non-hydrogen) atoms. The quantitative estimate of drug-likeness (QED) is 0.659. The summed E-state index contributed by atoms with van der Waals surface area (Å²) in [4.78, 5) is 15.1. The fourth-order valence-corrected chi connectivity index (χ4v) is 10.4. The lowest BCUT2D eigenvalue weighted by Crippen LogP contribution is -2.67. The molecule has 9 bridgehead atoms. The Kier molecular flexibility index (Phi) is 1.79. The fraction of sp³-hybridized carbons (Fsp3) is 0.850. The number of Topliss-reactive ketones (excluding diaryl/α,β-unsaturated/α-hetero) is 1. The fourth-order valence-electron chi connectivity index (χ4n) is 10.4. The molecule has 2 N–H and O–H groups in total. The van der Waals surface area contributed by atoms with E-state index >= 15 is 0 Å². The van der Waals surface area contributed by atoms with Crippen LogP contribution in [0.4, 0.5) is 0 Å². The van der Waals surface area contributed by atoms with Gasteiger partial charge in [-0.05, 0) is 36.0 Å². The number of fused-ring (bicyclic) bond motifs is 1. The Morgan fingerprint density at radius 1 is 1.29 bits per heavy atom. The van der Waals surface area contributed by atoms with E-state index < -0.39 is 5.72 Å². The smallest absolute Gasteiger partial charge is 0.134 e. The van der Waals surface area contributed by atoms with Crippen LogP contribution in [0, 0.1) is 39.9 Å². The highest BCUT2D eigenvalue weighted by atomic mass is 16.3. The van der Waals surface area contributed by atoms with Crippen molar-refractivity contribution in [3.8, 4) is 0 Å². The standard InChI is InChI=1S/C20H25NO3/c1-9-4-18-7-20(24)16-17(2)5-10(22)6-19(16)12(18)3-11(9)14(23)13(18)15(19)21(20)8-17/h11-16,23-24H,1,3-8H2,2H3/t11-,12+,13+,14-,15+,16+,17+,18+,19-,20+/m0/s1. The van der Waals surface area contributed by atoms with Crippen molar-refractivity contribution in [2.45, 2.75) is 56.9 Å². The van der Waals surface area contributed by atoms with E-state index in [2.05, 4.69) is 18.4 Å². The van der Waals surface area contributed by atoms with Crippen molar-refractivity contribution in [2.24, 2.45) is 39.9 Å². The number of carbonyl (C=O) groups is 1. The Balaban J connectivity index is 1.56. The van der Waals surface area contributed by atoms with E-state index in [4.69, 9.17) is 0 Å². The van der Waals surface area contributed by atoms with Gasteiger partial charge in [0.1, 0.15) is 11.5 Å². The molecule has 6 aliphatic carbocycles. The minimum atomic E-state index is -0.739. The number of hydrogen-bond donors (Lipinski definition) is 2. The highest BCUT2D eigenvalue weighted by Crippen LogP contribution is 2.88. The molecule has 0 radical (unpaired) electrons. The van der Waals surface area contributed by atoms with E-state index in [9.17, 15) is 15.0 Å². The predicted octanol–water partition coefficient (Wildman–Crippen LogP) is 1.32. The van der Waals surface area contributed by atoms with E-state index in [1.54, 1.807) is 0 Å². The number of ketones is 1. The Labute approximate surface area is 141 Å². The van der Waals surface area contributed by atoms with Crippen molar-refractivity contribution in [1.82, 2.24) is 4.90 Å². The molecule has 9 rings (SSSR count). The zero-order valence-corrected chi connectivity index (χ0v) is 14.2. The third-order valence-electron chi connectivity index (χ3n) is 10.0. The van der Waals surface area contributed by atoms with Gasteiger partial charge in [0.05, 0.1) is 6.10 Å². The van der Waals surface area contributed by atoms with Gasteiger partial charge in [-0.15, -0.1) is 0 Å². The van der Waals surface area contributed by atoms with Gasteiger partial charge >= 0.3 is 0 Å². The molecule has 4 nitrogen and oxygen atoms in total. The van der Waals surface area contributed by atoms with Gasteiger partial charge in [-0.25, -0.2) is 0 Å². The van der Waals surface area contributed by atoms with Crippen LogP contribution in [0.3, 0.4) is 0 Å². The van der Waals surface area contributed by atoms with Crippen LogP contribution in [0.1, 0.15) is 39.0 Å². The minimum absolute atomic E-state index is 0.000532. The third-order valence-corrected chi connectivity index (χ3v) is 10.0. The van der Waals surface area contributed by atoms with Gasteiger partial charge < -0.3 is 10.2 Å². The lowest BCUT2D eigenvalue weighted by atomic mass is 9.40. The maximum atomic E-state index is 12.8. The summed E-state index contributed by atoms with van der Waals surface area (Å²) in [6.07, 6.45) is 3.72. The van der Waals surface area contributed by atoms with Crippen molar-refractivity contribution in [3.63, 3.8) is 0 Å². The van der Waals surface area contributed by atoms with Crippen LogP contribution in [-0.4, -0.2) is 45.3 Å². The van der Waals surface area contributed by atoms with Crippen molar-refractivity contribution in [2.75, 3.05) is 6.54 Å². The molecule has 1 unspecified atom stereocenters. The number of rotatable bonds is 0. The maximum absolute atomic E-state index is 12.8. The van der Waals surface area contributed by atoms with Gasteiger partial charge in [-0.2, -0.15) is 0 Å². The van der Waals surface area contributed by atoms with E-state index in [1.165, 1.54) is 5.57 Å². The molecular weight excluding hydrogens is 302 g/mol. The summed E-state index contributed by atoms with van der Waals surface area (Å²) in [5, 5.41) is 23.0. The molecule has 11 atom stereocenters. The monoisotopic (exact) mass is 327 g/mol. The second-order valence-electron chi connectivity index (χ2n) is 10.7. The van der Waals surface area contributed by atoms with Gasteiger partial charge in [0.15, 0.2) is 0 Å². The Bertz CT molecular complexity index is 764. The van der Waals surface area contributed by atoms with Gasteiger partial charge in [-0.1, -0.05) is 19.1 Å². The first-order chi connectivity index (χ1) is 11.3. The molecule has 0 aromatic carbocycles. The van der Waals surface area contributed by atoms with Crippen molar-refractivity contribution in [1.29, 1.82) is 0 Å². The molecule has 3 saturated heterocycles. The first-order valence-corrected chi connectivity index (χ1v) is 9.65. The van der Waals surface area contributed by atoms with Gasteiger partial charge in [-0.3, -0.25) is 9.69 Å². The van der Waals surface area contributed by atoms with Crippen LogP contribution in [0.2, 0.25) is 0 Å². The van der Waals surface area contributed by atoms with Crippen LogP contribution < -0.4 is 0 Å². The molecule has 4 heteroatoms. The molecule has 3 heterocycles. The zero-order chi connectivity index (χ0) is 16.4.